The Morgan fingerprint density at radius 2 is 2.00 bits per heavy atom. The highest BCUT2D eigenvalue weighted by atomic mass is 16.5. The zero-order valence-corrected chi connectivity index (χ0v) is 15.2. The van der Waals surface area contributed by atoms with E-state index in [1.165, 1.54) is 0 Å². The first-order valence-electron chi connectivity index (χ1n) is 8.64. The second kappa shape index (κ2) is 7.70. The lowest BCUT2D eigenvalue weighted by Crippen LogP contribution is -2.31. The van der Waals surface area contributed by atoms with E-state index in [2.05, 4.69) is 0 Å². The van der Waals surface area contributed by atoms with Gasteiger partial charge < -0.3 is 14.6 Å². The minimum Gasteiger partial charge on any atom is -0.497 e. The van der Waals surface area contributed by atoms with Gasteiger partial charge in [0, 0.05) is 23.2 Å². The van der Waals surface area contributed by atoms with Crippen molar-refractivity contribution in [1.82, 2.24) is 4.98 Å². The highest BCUT2D eigenvalue weighted by molar-refractivity contribution is 5.75. The standard InChI is InChI=1S/C21H23NO4/c1-13-10-14(2)22-21(15-4-6-17(25-3)7-5-15)19(13)9-8-18-11-16(23)12-20(24)26-18/h4-10,16,18,23H,11-12H2,1-3H3/t16-,18-/m1/s1. The average molecular weight is 353 g/mol. The highest BCUT2D eigenvalue weighted by Gasteiger charge is 2.25. The van der Waals surface area contributed by atoms with Crippen LogP contribution in [0.5, 0.6) is 5.75 Å². The van der Waals surface area contributed by atoms with Gasteiger partial charge in [-0.3, -0.25) is 9.78 Å². The van der Waals surface area contributed by atoms with E-state index >= 15 is 0 Å². The SMILES string of the molecule is COc1ccc(-c2nc(C)cc(C)c2C=C[C@@H]2C[C@@H](O)CC(=O)O2)cc1. The molecule has 0 spiro atoms. The van der Waals surface area contributed by atoms with E-state index in [-0.39, 0.29) is 12.4 Å². The number of hydrogen-bond acceptors (Lipinski definition) is 5. The van der Waals surface area contributed by atoms with Crippen LogP contribution in [0.3, 0.4) is 0 Å². The predicted octanol–water partition coefficient (Wildman–Crippen LogP) is 3.45. The Kier molecular flexibility index (Phi) is 5.38. The first-order valence-corrected chi connectivity index (χ1v) is 8.64. The molecule has 0 amide bonds. The van der Waals surface area contributed by atoms with Crippen LogP contribution in [0, 0.1) is 13.8 Å². The number of hydrogen-bond donors (Lipinski definition) is 1. The molecule has 1 saturated heterocycles. The summed E-state index contributed by atoms with van der Waals surface area (Å²) in [4.78, 5) is 16.2. The number of aliphatic hydroxyl groups is 1. The maximum absolute atomic E-state index is 11.5. The topological polar surface area (TPSA) is 68.7 Å². The molecule has 2 atom stereocenters. The summed E-state index contributed by atoms with van der Waals surface area (Å²) in [6.07, 6.45) is 3.16. The lowest BCUT2D eigenvalue weighted by atomic mass is 9.98. The van der Waals surface area contributed by atoms with Crippen LogP contribution in [0.1, 0.15) is 29.7 Å². The summed E-state index contributed by atoms with van der Waals surface area (Å²) >= 11 is 0. The van der Waals surface area contributed by atoms with Crippen molar-refractivity contribution in [1.29, 1.82) is 0 Å². The summed E-state index contributed by atoms with van der Waals surface area (Å²) in [6, 6.07) is 9.78. The quantitative estimate of drug-likeness (QED) is 0.853. The molecular weight excluding hydrogens is 330 g/mol. The van der Waals surface area contributed by atoms with Gasteiger partial charge >= 0.3 is 5.97 Å². The molecule has 1 fully saturated rings. The first-order chi connectivity index (χ1) is 12.5. The van der Waals surface area contributed by atoms with Crippen LogP contribution in [0.15, 0.2) is 36.4 Å². The average Bonchev–Trinajstić information content (AvgIpc) is 2.59. The Bertz CT molecular complexity index is 827. The van der Waals surface area contributed by atoms with Crippen LogP contribution in [0.4, 0.5) is 0 Å². The number of cyclic esters (lactones) is 1. The Hall–Kier alpha value is -2.66. The lowest BCUT2D eigenvalue weighted by Gasteiger charge is -2.23. The van der Waals surface area contributed by atoms with E-state index in [1.54, 1.807) is 7.11 Å². The molecule has 1 aromatic heterocycles. The summed E-state index contributed by atoms with van der Waals surface area (Å²) in [5.41, 5.74) is 4.84. The van der Waals surface area contributed by atoms with Crippen molar-refractivity contribution in [2.24, 2.45) is 0 Å². The number of rotatable bonds is 4. The van der Waals surface area contributed by atoms with Crippen molar-refractivity contribution in [3.63, 3.8) is 0 Å². The van der Waals surface area contributed by atoms with Gasteiger partial charge in [0.15, 0.2) is 0 Å². The normalized spacial score (nSPS) is 20.2. The third-order valence-electron chi connectivity index (χ3n) is 4.42. The molecule has 1 N–H and O–H groups in total. The lowest BCUT2D eigenvalue weighted by molar-refractivity contribution is -0.156. The van der Waals surface area contributed by atoms with Gasteiger partial charge in [-0.05, 0) is 55.8 Å². The summed E-state index contributed by atoms with van der Waals surface area (Å²) in [6.45, 7) is 4.00. The minimum absolute atomic E-state index is 0.0621. The van der Waals surface area contributed by atoms with Crippen molar-refractivity contribution in [2.45, 2.75) is 38.9 Å². The molecule has 2 aromatic rings. The summed E-state index contributed by atoms with van der Waals surface area (Å²) in [7, 11) is 1.64. The number of aliphatic hydroxyl groups excluding tert-OH is 1. The van der Waals surface area contributed by atoms with Crippen molar-refractivity contribution in [2.75, 3.05) is 7.11 Å². The number of pyridine rings is 1. The number of nitrogens with zero attached hydrogens (tertiary/aromatic N) is 1. The number of carbonyl (C=O) groups excluding carboxylic acids is 1. The highest BCUT2D eigenvalue weighted by Crippen LogP contribution is 2.28. The number of ether oxygens (including phenoxy) is 2. The molecule has 5 heteroatoms. The molecule has 0 saturated carbocycles. The number of carbonyl (C=O) groups is 1. The molecular formula is C21H23NO4. The van der Waals surface area contributed by atoms with Crippen LogP contribution in [0.2, 0.25) is 0 Å². The summed E-state index contributed by atoms with van der Waals surface area (Å²) < 4.78 is 10.5. The van der Waals surface area contributed by atoms with Gasteiger partial charge in [0.25, 0.3) is 0 Å². The van der Waals surface area contributed by atoms with Crippen molar-refractivity contribution in [3.8, 4) is 17.0 Å². The third kappa shape index (κ3) is 4.11. The number of methoxy groups -OCH3 is 1. The second-order valence-corrected chi connectivity index (χ2v) is 6.55. The number of benzene rings is 1. The van der Waals surface area contributed by atoms with Gasteiger partial charge in [0.05, 0.1) is 25.3 Å². The third-order valence-corrected chi connectivity index (χ3v) is 4.42. The molecule has 1 aliphatic rings. The monoisotopic (exact) mass is 353 g/mol. The van der Waals surface area contributed by atoms with Crippen LogP contribution >= 0.6 is 0 Å². The van der Waals surface area contributed by atoms with Crippen molar-refractivity contribution < 1.29 is 19.4 Å². The molecule has 136 valence electrons. The van der Waals surface area contributed by atoms with Crippen molar-refractivity contribution >= 4 is 12.0 Å². The molecule has 1 aromatic carbocycles. The van der Waals surface area contributed by atoms with Crippen molar-refractivity contribution in [3.05, 3.63) is 53.2 Å². The van der Waals surface area contributed by atoms with E-state index in [0.29, 0.717) is 6.42 Å². The van der Waals surface area contributed by atoms with E-state index < -0.39 is 12.2 Å². The second-order valence-electron chi connectivity index (χ2n) is 6.55. The van der Waals surface area contributed by atoms with Crippen LogP contribution in [0.25, 0.3) is 17.3 Å². The fraction of sp³-hybridized carbons (Fsp3) is 0.333. The molecule has 1 aliphatic heterocycles. The molecule has 5 nitrogen and oxygen atoms in total. The number of aromatic nitrogens is 1. The van der Waals surface area contributed by atoms with Gasteiger partial charge in [0.2, 0.25) is 0 Å². The molecule has 3 rings (SSSR count). The summed E-state index contributed by atoms with van der Waals surface area (Å²) in [5.74, 6) is 0.422. The maximum Gasteiger partial charge on any atom is 0.309 e. The Balaban J connectivity index is 1.95. The van der Waals surface area contributed by atoms with E-state index in [1.807, 2.05) is 56.3 Å². The van der Waals surface area contributed by atoms with E-state index in [9.17, 15) is 9.90 Å². The number of aryl methyl sites for hydroxylation is 2. The van der Waals surface area contributed by atoms with Crippen LogP contribution in [-0.4, -0.2) is 35.4 Å². The molecule has 0 bridgehead atoms. The van der Waals surface area contributed by atoms with Crippen LogP contribution < -0.4 is 4.74 Å². The zero-order valence-electron chi connectivity index (χ0n) is 15.2. The van der Waals surface area contributed by atoms with Gasteiger partial charge in [-0.15, -0.1) is 0 Å². The zero-order chi connectivity index (χ0) is 18.7. The fourth-order valence-corrected chi connectivity index (χ4v) is 3.16. The maximum atomic E-state index is 11.5. The molecule has 26 heavy (non-hydrogen) atoms. The van der Waals surface area contributed by atoms with Crippen LogP contribution in [-0.2, 0) is 9.53 Å². The Labute approximate surface area is 153 Å². The van der Waals surface area contributed by atoms with Gasteiger partial charge in [-0.25, -0.2) is 0 Å². The largest absolute Gasteiger partial charge is 0.497 e. The van der Waals surface area contributed by atoms with E-state index in [4.69, 9.17) is 14.5 Å². The minimum atomic E-state index is -0.649. The van der Waals surface area contributed by atoms with E-state index in [0.717, 1.165) is 33.8 Å². The Morgan fingerprint density at radius 3 is 2.65 bits per heavy atom. The molecule has 0 radical (unpaired) electrons. The molecule has 0 aliphatic carbocycles. The predicted molar refractivity (Wildman–Crippen MR) is 99.9 cm³/mol. The van der Waals surface area contributed by atoms with Gasteiger partial charge in [-0.2, -0.15) is 0 Å². The first kappa shape index (κ1) is 18.1. The van der Waals surface area contributed by atoms with Gasteiger partial charge in [0.1, 0.15) is 11.9 Å². The Morgan fingerprint density at radius 1 is 1.27 bits per heavy atom. The smallest absolute Gasteiger partial charge is 0.309 e. The van der Waals surface area contributed by atoms with Gasteiger partial charge in [-0.1, -0.05) is 6.08 Å². The number of esters is 1. The molecule has 0 unspecified atom stereocenters. The fourth-order valence-electron chi connectivity index (χ4n) is 3.16. The molecule has 2 heterocycles. The summed E-state index contributed by atoms with van der Waals surface area (Å²) in [5, 5.41) is 9.76.